The van der Waals surface area contributed by atoms with E-state index < -0.39 is 0 Å². The molecule has 0 saturated carbocycles. The minimum Gasteiger partial charge on any atom is -0.494 e. The summed E-state index contributed by atoms with van der Waals surface area (Å²) in [5.41, 5.74) is 3.39. The minimum atomic E-state index is -0.0837. The second kappa shape index (κ2) is 11.4. The molecule has 0 aliphatic rings. The predicted molar refractivity (Wildman–Crippen MR) is 119 cm³/mol. The summed E-state index contributed by atoms with van der Waals surface area (Å²) in [4.78, 5) is 16.3. The molecule has 6 nitrogen and oxygen atoms in total. The fourth-order valence-corrected chi connectivity index (χ4v) is 3.49. The van der Waals surface area contributed by atoms with Crippen molar-refractivity contribution in [2.75, 3.05) is 26.9 Å². The van der Waals surface area contributed by atoms with Crippen molar-refractivity contribution in [3.05, 3.63) is 59.9 Å². The number of ether oxygens (including phenoxy) is 2. The number of aryl methyl sites for hydroxylation is 3. The maximum absolute atomic E-state index is 11.5. The highest BCUT2D eigenvalue weighted by Crippen LogP contribution is 2.18. The summed E-state index contributed by atoms with van der Waals surface area (Å²) >= 11 is 0. The smallest absolute Gasteiger partial charge is 0.245 e. The SMILES string of the molecule is COCC(=O)NCCCc1nc2ccccc2n1CCCCOc1cccc(C)c1. The molecule has 0 bridgehead atoms. The normalized spacial score (nSPS) is 11.0. The van der Waals surface area contributed by atoms with Gasteiger partial charge in [0.25, 0.3) is 0 Å². The number of hydrogen-bond donors (Lipinski definition) is 1. The van der Waals surface area contributed by atoms with Crippen molar-refractivity contribution in [3.63, 3.8) is 0 Å². The lowest BCUT2D eigenvalue weighted by molar-refractivity contribution is -0.124. The van der Waals surface area contributed by atoms with Crippen LogP contribution >= 0.6 is 0 Å². The Morgan fingerprint density at radius 3 is 2.80 bits per heavy atom. The predicted octanol–water partition coefficient (Wildman–Crippen LogP) is 3.90. The van der Waals surface area contributed by atoms with E-state index in [0.717, 1.165) is 54.8 Å². The van der Waals surface area contributed by atoms with Crippen LogP contribution in [0.1, 0.15) is 30.7 Å². The zero-order valence-corrected chi connectivity index (χ0v) is 17.9. The lowest BCUT2D eigenvalue weighted by Gasteiger charge is -2.11. The lowest BCUT2D eigenvalue weighted by atomic mass is 10.2. The van der Waals surface area contributed by atoms with Crippen molar-refractivity contribution in [2.24, 2.45) is 0 Å². The number of nitrogens with one attached hydrogen (secondary N) is 1. The molecule has 1 amide bonds. The van der Waals surface area contributed by atoms with Crippen LogP contribution in [0.25, 0.3) is 11.0 Å². The molecule has 0 saturated heterocycles. The molecule has 0 spiro atoms. The summed E-state index contributed by atoms with van der Waals surface area (Å²) in [6.45, 7) is 4.40. The van der Waals surface area contributed by atoms with Crippen molar-refractivity contribution in [3.8, 4) is 5.75 Å². The van der Waals surface area contributed by atoms with Crippen molar-refractivity contribution >= 4 is 16.9 Å². The average molecular weight is 410 g/mol. The van der Waals surface area contributed by atoms with Crippen LogP contribution in [-0.2, 0) is 22.5 Å². The first-order valence-corrected chi connectivity index (χ1v) is 10.6. The molecule has 3 aromatic rings. The van der Waals surface area contributed by atoms with Gasteiger partial charge >= 0.3 is 0 Å². The van der Waals surface area contributed by atoms with Crippen LogP contribution < -0.4 is 10.1 Å². The summed E-state index contributed by atoms with van der Waals surface area (Å²) in [6.07, 6.45) is 3.66. The molecule has 2 aromatic carbocycles. The number of unbranched alkanes of at least 4 members (excludes halogenated alkanes) is 1. The van der Waals surface area contributed by atoms with Gasteiger partial charge in [-0.25, -0.2) is 4.98 Å². The van der Waals surface area contributed by atoms with Gasteiger partial charge in [-0.3, -0.25) is 4.79 Å². The van der Waals surface area contributed by atoms with E-state index in [1.807, 2.05) is 18.2 Å². The number of imidazole rings is 1. The van der Waals surface area contributed by atoms with Crippen LogP contribution in [-0.4, -0.2) is 42.3 Å². The van der Waals surface area contributed by atoms with Gasteiger partial charge in [0.2, 0.25) is 5.91 Å². The fraction of sp³-hybridized carbons (Fsp3) is 0.417. The van der Waals surface area contributed by atoms with Gasteiger partial charge in [0.05, 0.1) is 17.6 Å². The topological polar surface area (TPSA) is 65.4 Å². The Balaban J connectivity index is 1.51. The highest BCUT2D eigenvalue weighted by molar-refractivity contribution is 5.77. The Hall–Kier alpha value is -2.86. The number of para-hydroxylation sites is 2. The maximum atomic E-state index is 11.5. The number of benzene rings is 2. The van der Waals surface area contributed by atoms with Crippen molar-refractivity contribution in [1.29, 1.82) is 0 Å². The molecule has 0 fully saturated rings. The van der Waals surface area contributed by atoms with E-state index >= 15 is 0 Å². The molecule has 1 heterocycles. The third kappa shape index (κ3) is 6.32. The van der Waals surface area contributed by atoms with Gasteiger partial charge in [-0.2, -0.15) is 0 Å². The van der Waals surface area contributed by atoms with Crippen LogP contribution in [0.4, 0.5) is 0 Å². The van der Waals surface area contributed by atoms with Crippen molar-refractivity contribution in [1.82, 2.24) is 14.9 Å². The number of nitrogens with zero attached hydrogens (tertiary/aromatic N) is 2. The summed E-state index contributed by atoms with van der Waals surface area (Å²) in [5, 5.41) is 2.87. The number of aromatic nitrogens is 2. The molecule has 160 valence electrons. The fourth-order valence-electron chi connectivity index (χ4n) is 3.49. The monoisotopic (exact) mass is 409 g/mol. The highest BCUT2D eigenvalue weighted by atomic mass is 16.5. The highest BCUT2D eigenvalue weighted by Gasteiger charge is 2.10. The van der Waals surface area contributed by atoms with E-state index in [-0.39, 0.29) is 12.5 Å². The number of fused-ring (bicyclic) bond motifs is 1. The molecule has 3 rings (SSSR count). The van der Waals surface area contributed by atoms with Crippen molar-refractivity contribution < 1.29 is 14.3 Å². The Labute approximate surface area is 178 Å². The Bertz CT molecular complexity index is 952. The number of methoxy groups -OCH3 is 1. The van der Waals surface area contributed by atoms with E-state index in [4.69, 9.17) is 14.5 Å². The molecule has 1 aromatic heterocycles. The number of carbonyl (C=O) groups excluding carboxylic acids is 1. The molecule has 0 aliphatic heterocycles. The second-order valence-electron chi connectivity index (χ2n) is 7.43. The molecule has 30 heavy (non-hydrogen) atoms. The Morgan fingerprint density at radius 1 is 1.10 bits per heavy atom. The zero-order valence-electron chi connectivity index (χ0n) is 17.9. The van der Waals surface area contributed by atoms with E-state index in [2.05, 4.69) is 47.1 Å². The second-order valence-corrected chi connectivity index (χ2v) is 7.43. The van der Waals surface area contributed by atoms with Crippen LogP contribution in [0.2, 0.25) is 0 Å². The van der Waals surface area contributed by atoms with Gasteiger partial charge in [0, 0.05) is 26.6 Å². The Morgan fingerprint density at radius 2 is 1.97 bits per heavy atom. The van der Waals surface area contributed by atoms with Gasteiger partial charge in [-0.1, -0.05) is 24.3 Å². The summed E-state index contributed by atoms with van der Waals surface area (Å²) in [5.74, 6) is 1.91. The van der Waals surface area contributed by atoms with Gasteiger partial charge in [-0.05, 0) is 56.0 Å². The summed E-state index contributed by atoms with van der Waals surface area (Å²) < 4.78 is 13.0. The third-order valence-corrected chi connectivity index (χ3v) is 4.94. The first-order valence-electron chi connectivity index (χ1n) is 10.6. The van der Waals surface area contributed by atoms with Crippen LogP contribution in [0.15, 0.2) is 48.5 Å². The zero-order chi connectivity index (χ0) is 21.2. The molecular weight excluding hydrogens is 378 g/mol. The number of rotatable bonds is 12. The summed E-state index contributed by atoms with van der Waals surface area (Å²) in [7, 11) is 1.52. The van der Waals surface area contributed by atoms with Crippen molar-refractivity contribution in [2.45, 2.75) is 39.2 Å². The van der Waals surface area contributed by atoms with E-state index in [9.17, 15) is 4.79 Å². The van der Waals surface area contributed by atoms with Gasteiger partial charge in [0.15, 0.2) is 0 Å². The van der Waals surface area contributed by atoms with Crippen LogP contribution in [0.5, 0.6) is 5.75 Å². The molecule has 6 heteroatoms. The summed E-state index contributed by atoms with van der Waals surface area (Å²) in [6, 6.07) is 16.4. The first-order chi connectivity index (χ1) is 14.7. The van der Waals surface area contributed by atoms with Gasteiger partial charge < -0.3 is 19.4 Å². The minimum absolute atomic E-state index is 0.0837. The maximum Gasteiger partial charge on any atom is 0.245 e. The van der Waals surface area contributed by atoms with E-state index in [0.29, 0.717) is 13.2 Å². The van der Waals surface area contributed by atoms with E-state index in [1.54, 1.807) is 0 Å². The van der Waals surface area contributed by atoms with Gasteiger partial charge in [0.1, 0.15) is 18.2 Å². The van der Waals surface area contributed by atoms with Crippen LogP contribution in [0, 0.1) is 6.92 Å². The quantitative estimate of drug-likeness (QED) is 0.461. The van der Waals surface area contributed by atoms with E-state index in [1.165, 1.54) is 12.7 Å². The van der Waals surface area contributed by atoms with Gasteiger partial charge in [-0.15, -0.1) is 0 Å². The molecule has 0 atom stereocenters. The lowest BCUT2D eigenvalue weighted by Crippen LogP contribution is -2.28. The molecule has 0 unspecified atom stereocenters. The molecule has 1 N–H and O–H groups in total. The third-order valence-electron chi connectivity index (χ3n) is 4.94. The molecule has 0 radical (unpaired) electrons. The average Bonchev–Trinajstić information content (AvgIpc) is 3.09. The number of hydrogen-bond acceptors (Lipinski definition) is 4. The largest absolute Gasteiger partial charge is 0.494 e. The number of amides is 1. The standard InChI is InChI=1S/C24H31N3O3/c1-19-9-7-10-20(17-19)30-16-6-5-15-27-22-12-4-3-11-21(22)26-23(27)13-8-14-25-24(28)18-29-2/h3-4,7,9-12,17H,5-6,8,13-16,18H2,1-2H3,(H,25,28). The number of carbonyl (C=O) groups is 1. The Kier molecular flexibility index (Phi) is 8.27. The van der Waals surface area contributed by atoms with Crippen LogP contribution in [0.3, 0.4) is 0 Å². The molecule has 0 aliphatic carbocycles. The first kappa shape index (κ1) is 21.8. The molecular formula is C24H31N3O3.